The first kappa shape index (κ1) is 12.3. The summed E-state index contributed by atoms with van der Waals surface area (Å²) in [6.07, 6.45) is 1.82. The van der Waals surface area contributed by atoms with Crippen molar-refractivity contribution in [1.29, 1.82) is 0 Å². The van der Waals surface area contributed by atoms with Gasteiger partial charge in [0.1, 0.15) is 6.29 Å². The summed E-state index contributed by atoms with van der Waals surface area (Å²) < 4.78 is 0. The zero-order valence-corrected chi connectivity index (χ0v) is 11.2. The highest BCUT2D eigenvalue weighted by Crippen LogP contribution is 2.31. The molecule has 1 unspecified atom stereocenters. The number of amides is 1. The van der Waals surface area contributed by atoms with E-state index in [1.165, 1.54) is 0 Å². The molecule has 1 amide bonds. The maximum absolute atomic E-state index is 11.4. The molecule has 0 saturated heterocycles. The van der Waals surface area contributed by atoms with Crippen molar-refractivity contribution in [3.63, 3.8) is 0 Å². The lowest BCUT2D eigenvalue weighted by molar-refractivity contribution is -0.116. The van der Waals surface area contributed by atoms with E-state index in [1.807, 2.05) is 18.2 Å². The average molecular weight is 296 g/mol. The van der Waals surface area contributed by atoms with Crippen molar-refractivity contribution >= 4 is 33.8 Å². The monoisotopic (exact) mass is 295 g/mol. The van der Waals surface area contributed by atoms with Gasteiger partial charge in [-0.05, 0) is 23.6 Å². The third kappa shape index (κ3) is 2.27. The molecule has 17 heavy (non-hydrogen) atoms. The second kappa shape index (κ2) is 5.00. The van der Waals surface area contributed by atoms with Gasteiger partial charge in [0.2, 0.25) is 5.91 Å². The molecule has 3 nitrogen and oxygen atoms in total. The molecule has 0 N–H and O–H groups in total. The van der Waals surface area contributed by atoms with Crippen LogP contribution < -0.4 is 4.90 Å². The van der Waals surface area contributed by atoms with Crippen LogP contribution in [0.5, 0.6) is 0 Å². The maximum atomic E-state index is 11.4. The van der Waals surface area contributed by atoms with Gasteiger partial charge >= 0.3 is 0 Å². The topological polar surface area (TPSA) is 37.4 Å². The number of halogens is 1. The second-order valence-corrected chi connectivity index (χ2v) is 4.85. The predicted molar refractivity (Wildman–Crippen MR) is 70.8 cm³/mol. The van der Waals surface area contributed by atoms with E-state index < -0.39 is 0 Å². The van der Waals surface area contributed by atoms with Gasteiger partial charge in [-0.1, -0.05) is 28.1 Å². The van der Waals surface area contributed by atoms with Crippen LogP contribution in [-0.4, -0.2) is 24.1 Å². The summed E-state index contributed by atoms with van der Waals surface area (Å²) >= 11 is 3.33. The summed E-state index contributed by atoms with van der Waals surface area (Å²) in [5, 5.41) is 0.631. The van der Waals surface area contributed by atoms with Gasteiger partial charge in [-0.3, -0.25) is 4.79 Å². The highest BCUT2D eigenvalue weighted by molar-refractivity contribution is 9.09. The van der Waals surface area contributed by atoms with Crippen LogP contribution in [0.4, 0.5) is 5.69 Å². The Bertz CT molecular complexity index is 459. The maximum Gasteiger partial charge on any atom is 0.223 e. The summed E-state index contributed by atoms with van der Waals surface area (Å²) in [7, 11) is 0. The molecule has 2 rings (SSSR count). The first-order chi connectivity index (χ1) is 8.17. The Labute approximate surface area is 109 Å². The quantitative estimate of drug-likeness (QED) is 0.634. The van der Waals surface area contributed by atoms with E-state index in [-0.39, 0.29) is 11.8 Å². The van der Waals surface area contributed by atoms with Crippen molar-refractivity contribution in [1.82, 2.24) is 0 Å². The van der Waals surface area contributed by atoms with E-state index >= 15 is 0 Å². The molecular formula is C13H14BrNO2. The fourth-order valence-electron chi connectivity index (χ4n) is 2.18. The van der Waals surface area contributed by atoms with Gasteiger partial charge in [0.15, 0.2) is 0 Å². The summed E-state index contributed by atoms with van der Waals surface area (Å²) in [6, 6.07) is 5.91. The number of benzene rings is 1. The molecule has 4 heteroatoms. The molecule has 0 radical (unpaired) electrons. The Morgan fingerprint density at radius 1 is 1.59 bits per heavy atom. The minimum atomic E-state index is -0.105. The summed E-state index contributed by atoms with van der Waals surface area (Å²) in [5.74, 6) is -0.0318. The molecule has 1 aliphatic rings. The van der Waals surface area contributed by atoms with Crippen molar-refractivity contribution < 1.29 is 9.59 Å². The number of carbonyl (C=O) groups is 2. The van der Waals surface area contributed by atoms with E-state index in [0.717, 1.165) is 36.1 Å². The Hall–Kier alpha value is -1.16. The van der Waals surface area contributed by atoms with Gasteiger partial charge in [0.05, 0.1) is 0 Å². The van der Waals surface area contributed by atoms with Gasteiger partial charge in [-0.25, -0.2) is 0 Å². The molecule has 1 atom stereocenters. The third-order valence-corrected chi connectivity index (χ3v) is 3.84. The fraction of sp³-hybridized carbons (Fsp3) is 0.385. The lowest BCUT2D eigenvalue weighted by Crippen LogP contribution is -2.25. The normalized spacial score (nSPS) is 15.5. The summed E-state index contributed by atoms with van der Waals surface area (Å²) in [4.78, 5) is 24.1. The van der Waals surface area contributed by atoms with E-state index in [1.54, 1.807) is 11.8 Å². The van der Waals surface area contributed by atoms with Crippen LogP contribution in [0.1, 0.15) is 24.0 Å². The summed E-state index contributed by atoms with van der Waals surface area (Å²) in [6.45, 7) is 2.32. The highest BCUT2D eigenvalue weighted by Gasteiger charge is 2.23. The fourth-order valence-corrected chi connectivity index (χ4v) is 2.71. The lowest BCUT2D eigenvalue weighted by Gasteiger charge is -2.15. The number of hydrogen-bond acceptors (Lipinski definition) is 2. The number of nitrogens with zero attached hydrogens (tertiary/aromatic N) is 1. The number of anilines is 1. The van der Waals surface area contributed by atoms with Crippen molar-refractivity contribution in [3.8, 4) is 0 Å². The van der Waals surface area contributed by atoms with Gasteiger partial charge in [0, 0.05) is 30.4 Å². The largest absolute Gasteiger partial charge is 0.312 e. The molecule has 0 bridgehead atoms. The van der Waals surface area contributed by atoms with Crippen molar-refractivity contribution in [2.45, 2.75) is 19.3 Å². The molecular weight excluding hydrogens is 282 g/mol. The Morgan fingerprint density at radius 2 is 2.35 bits per heavy atom. The number of alkyl halides is 1. The van der Waals surface area contributed by atoms with Crippen LogP contribution in [0.25, 0.3) is 0 Å². The number of carbonyl (C=O) groups excluding carboxylic acids is 2. The van der Waals surface area contributed by atoms with E-state index in [4.69, 9.17) is 0 Å². The zero-order chi connectivity index (χ0) is 12.4. The average Bonchev–Trinajstić information content (AvgIpc) is 2.73. The van der Waals surface area contributed by atoms with Crippen LogP contribution in [-0.2, 0) is 16.0 Å². The smallest absolute Gasteiger partial charge is 0.223 e. The second-order valence-electron chi connectivity index (χ2n) is 4.21. The van der Waals surface area contributed by atoms with Gasteiger partial charge in [-0.15, -0.1) is 0 Å². The lowest BCUT2D eigenvalue weighted by atomic mass is 9.99. The first-order valence-electron chi connectivity index (χ1n) is 5.59. The molecule has 0 fully saturated rings. The SMILES string of the molecule is CC(=O)N1CCc2cc(C(C=O)CBr)ccc21. The Morgan fingerprint density at radius 3 is 2.94 bits per heavy atom. The van der Waals surface area contributed by atoms with Gasteiger partial charge in [-0.2, -0.15) is 0 Å². The number of fused-ring (bicyclic) bond motifs is 1. The molecule has 1 heterocycles. The minimum absolute atomic E-state index is 0.0731. The third-order valence-electron chi connectivity index (χ3n) is 3.14. The van der Waals surface area contributed by atoms with Crippen LogP contribution in [0.15, 0.2) is 18.2 Å². The molecule has 0 aliphatic carbocycles. The van der Waals surface area contributed by atoms with Crippen LogP contribution >= 0.6 is 15.9 Å². The van der Waals surface area contributed by atoms with Crippen molar-refractivity contribution in [3.05, 3.63) is 29.3 Å². The van der Waals surface area contributed by atoms with Crippen LogP contribution in [0.2, 0.25) is 0 Å². The molecule has 0 saturated carbocycles. The van der Waals surface area contributed by atoms with Crippen LogP contribution in [0, 0.1) is 0 Å². The number of rotatable bonds is 3. The van der Waals surface area contributed by atoms with Crippen molar-refractivity contribution in [2.24, 2.45) is 0 Å². The minimum Gasteiger partial charge on any atom is -0.312 e. The first-order valence-corrected chi connectivity index (χ1v) is 6.71. The molecule has 1 aromatic carbocycles. The van der Waals surface area contributed by atoms with Crippen LogP contribution in [0.3, 0.4) is 0 Å². The number of aldehydes is 1. The van der Waals surface area contributed by atoms with E-state index in [0.29, 0.717) is 5.33 Å². The molecule has 1 aliphatic heterocycles. The van der Waals surface area contributed by atoms with Crippen molar-refractivity contribution in [2.75, 3.05) is 16.8 Å². The molecule has 90 valence electrons. The standard InChI is InChI=1S/C13H14BrNO2/c1-9(17)15-5-4-11-6-10(2-3-13(11)15)12(7-14)8-16/h2-3,6,8,12H,4-5,7H2,1H3. The molecule has 1 aromatic rings. The Balaban J connectivity index is 2.34. The number of hydrogen-bond donors (Lipinski definition) is 0. The van der Waals surface area contributed by atoms with E-state index in [2.05, 4.69) is 15.9 Å². The molecule has 0 spiro atoms. The Kier molecular flexibility index (Phi) is 3.62. The molecule has 0 aromatic heterocycles. The predicted octanol–water partition coefficient (Wildman–Crippen LogP) is 2.27. The van der Waals surface area contributed by atoms with E-state index in [9.17, 15) is 9.59 Å². The van der Waals surface area contributed by atoms with Gasteiger partial charge in [0.25, 0.3) is 0 Å². The highest BCUT2D eigenvalue weighted by atomic mass is 79.9. The van der Waals surface area contributed by atoms with Gasteiger partial charge < -0.3 is 9.69 Å². The zero-order valence-electron chi connectivity index (χ0n) is 9.65. The summed E-state index contributed by atoms with van der Waals surface area (Å²) in [5.41, 5.74) is 3.16.